The second kappa shape index (κ2) is 7.15. The lowest BCUT2D eigenvalue weighted by Crippen LogP contribution is -2.52. The lowest BCUT2D eigenvalue weighted by molar-refractivity contribution is -0.146. The summed E-state index contributed by atoms with van der Waals surface area (Å²) in [5, 5.41) is 2.63. The number of nitrogens with one attached hydrogen (secondary N) is 1. The smallest absolute Gasteiger partial charge is 0.328 e. The number of carbonyl (C=O) groups is 3. The summed E-state index contributed by atoms with van der Waals surface area (Å²) in [5.74, 6) is 0.533. The predicted octanol–water partition coefficient (Wildman–Crippen LogP) is 0.756. The van der Waals surface area contributed by atoms with Gasteiger partial charge >= 0.3 is 5.97 Å². The zero-order valence-electron chi connectivity index (χ0n) is 12.5. The van der Waals surface area contributed by atoms with E-state index in [1.807, 2.05) is 0 Å². The van der Waals surface area contributed by atoms with Crippen LogP contribution < -0.4 is 5.32 Å². The average molecular weight is 314 g/mol. The lowest BCUT2D eigenvalue weighted by Gasteiger charge is -2.26. The third kappa shape index (κ3) is 3.70. The monoisotopic (exact) mass is 314 g/mol. The molecule has 1 unspecified atom stereocenters. The van der Waals surface area contributed by atoms with E-state index in [0.717, 1.165) is 25.7 Å². The van der Waals surface area contributed by atoms with Gasteiger partial charge in [0.05, 0.1) is 13.0 Å². The van der Waals surface area contributed by atoms with Crippen molar-refractivity contribution in [3.8, 4) is 0 Å². The van der Waals surface area contributed by atoms with Gasteiger partial charge in [-0.3, -0.25) is 9.59 Å². The zero-order chi connectivity index (χ0) is 15.4. The highest BCUT2D eigenvalue weighted by Gasteiger charge is 2.38. The van der Waals surface area contributed by atoms with E-state index >= 15 is 0 Å². The summed E-state index contributed by atoms with van der Waals surface area (Å²) in [6, 6.07) is -1.17. The first kappa shape index (κ1) is 16.1. The lowest BCUT2D eigenvalue weighted by atomic mass is 10.1. The second-order valence-corrected chi connectivity index (χ2v) is 6.56. The number of hydrogen-bond acceptors (Lipinski definition) is 5. The van der Waals surface area contributed by atoms with Crippen molar-refractivity contribution in [2.75, 3.05) is 18.7 Å². The van der Waals surface area contributed by atoms with Gasteiger partial charge < -0.3 is 15.0 Å². The maximum Gasteiger partial charge on any atom is 0.328 e. The van der Waals surface area contributed by atoms with Crippen molar-refractivity contribution in [3.63, 3.8) is 0 Å². The molecule has 1 saturated carbocycles. The number of thioether (sulfide) groups is 1. The molecule has 2 fully saturated rings. The van der Waals surface area contributed by atoms with E-state index in [-0.39, 0.29) is 17.7 Å². The highest BCUT2D eigenvalue weighted by Crippen LogP contribution is 2.30. The van der Waals surface area contributed by atoms with Crippen molar-refractivity contribution < 1.29 is 19.1 Å². The molecule has 2 rings (SSSR count). The number of esters is 1. The van der Waals surface area contributed by atoms with Crippen LogP contribution in [0.3, 0.4) is 0 Å². The van der Waals surface area contributed by atoms with E-state index in [2.05, 4.69) is 10.1 Å². The first-order chi connectivity index (χ1) is 10.0. The van der Waals surface area contributed by atoms with Gasteiger partial charge in [-0.05, 0) is 19.8 Å². The molecule has 7 heteroatoms. The van der Waals surface area contributed by atoms with Crippen LogP contribution in [0.25, 0.3) is 0 Å². The maximum absolute atomic E-state index is 12.5. The highest BCUT2D eigenvalue weighted by molar-refractivity contribution is 7.99. The molecule has 1 aliphatic heterocycles. The molecule has 1 N–H and O–H groups in total. The Kier molecular flexibility index (Phi) is 5.50. The molecule has 0 bridgehead atoms. The fourth-order valence-corrected chi connectivity index (χ4v) is 3.99. The molecular weight excluding hydrogens is 292 g/mol. The molecule has 1 saturated heterocycles. The summed E-state index contributed by atoms with van der Waals surface area (Å²) >= 11 is 1.58. The largest absolute Gasteiger partial charge is 0.467 e. The molecule has 118 valence electrons. The van der Waals surface area contributed by atoms with E-state index in [1.54, 1.807) is 23.6 Å². The number of ether oxygens (including phenoxy) is 1. The maximum atomic E-state index is 12.5. The third-order valence-electron chi connectivity index (χ3n) is 4.09. The highest BCUT2D eigenvalue weighted by atomic mass is 32.2. The summed E-state index contributed by atoms with van der Waals surface area (Å²) in [7, 11) is 1.28. The Morgan fingerprint density at radius 2 is 1.95 bits per heavy atom. The van der Waals surface area contributed by atoms with E-state index < -0.39 is 18.1 Å². The Hall–Kier alpha value is -1.24. The molecule has 1 aliphatic carbocycles. The van der Waals surface area contributed by atoms with Crippen LogP contribution in [0.1, 0.15) is 32.6 Å². The number of rotatable bonds is 4. The Balaban J connectivity index is 1.95. The van der Waals surface area contributed by atoms with Gasteiger partial charge in [0.1, 0.15) is 12.1 Å². The van der Waals surface area contributed by atoms with E-state index in [1.165, 1.54) is 7.11 Å². The van der Waals surface area contributed by atoms with E-state index in [4.69, 9.17) is 0 Å². The normalized spacial score (nSPS) is 23.9. The molecular formula is C14H22N2O4S. The van der Waals surface area contributed by atoms with Gasteiger partial charge in [0.25, 0.3) is 0 Å². The van der Waals surface area contributed by atoms with Gasteiger partial charge in [0, 0.05) is 11.7 Å². The van der Waals surface area contributed by atoms with Crippen molar-refractivity contribution in [1.29, 1.82) is 0 Å². The Labute approximate surface area is 129 Å². The zero-order valence-corrected chi connectivity index (χ0v) is 13.3. The summed E-state index contributed by atoms with van der Waals surface area (Å²) < 4.78 is 4.59. The third-order valence-corrected chi connectivity index (χ3v) is 5.10. The van der Waals surface area contributed by atoms with E-state index in [9.17, 15) is 14.4 Å². The van der Waals surface area contributed by atoms with Gasteiger partial charge in [0.2, 0.25) is 11.8 Å². The van der Waals surface area contributed by atoms with Crippen LogP contribution >= 0.6 is 11.8 Å². The standard InChI is InChI=1S/C14H22N2O4S/c1-9(14(19)20-2)15-12(17)11-7-21-8-16(11)13(18)10-5-3-4-6-10/h9-11H,3-8H2,1-2H3,(H,15,17)/t9-,11?/m1/s1. The molecule has 0 spiro atoms. The Morgan fingerprint density at radius 3 is 2.57 bits per heavy atom. The van der Waals surface area contributed by atoms with Crippen molar-refractivity contribution in [2.24, 2.45) is 5.92 Å². The summed E-state index contributed by atoms with van der Waals surface area (Å²) in [6.45, 7) is 1.58. The van der Waals surface area contributed by atoms with Gasteiger partial charge in [-0.2, -0.15) is 0 Å². The van der Waals surface area contributed by atoms with Gasteiger partial charge in [-0.1, -0.05) is 12.8 Å². The van der Waals surface area contributed by atoms with Crippen LogP contribution in [0.2, 0.25) is 0 Å². The Bertz CT molecular complexity index is 423. The van der Waals surface area contributed by atoms with Crippen LogP contribution in [0.4, 0.5) is 0 Å². The van der Waals surface area contributed by atoms with Gasteiger partial charge in [0.15, 0.2) is 0 Å². The van der Waals surface area contributed by atoms with Crippen LogP contribution in [0.5, 0.6) is 0 Å². The molecule has 6 nitrogen and oxygen atoms in total. The van der Waals surface area contributed by atoms with Crippen LogP contribution in [-0.2, 0) is 19.1 Å². The van der Waals surface area contributed by atoms with Gasteiger partial charge in [-0.25, -0.2) is 4.79 Å². The minimum Gasteiger partial charge on any atom is -0.467 e. The number of carbonyl (C=O) groups excluding carboxylic acids is 3. The fraction of sp³-hybridized carbons (Fsp3) is 0.786. The van der Waals surface area contributed by atoms with Crippen molar-refractivity contribution in [1.82, 2.24) is 10.2 Å². The fourth-order valence-electron chi connectivity index (χ4n) is 2.83. The molecule has 0 radical (unpaired) electrons. The SMILES string of the molecule is COC(=O)[C@@H](C)NC(=O)C1CSCN1C(=O)C1CCCC1. The van der Waals surface area contributed by atoms with Crippen molar-refractivity contribution in [3.05, 3.63) is 0 Å². The van der Waals surface area contributed by atoms with Crippen LogP contribution in [0, 0.1) is 5.92 Å². The molecule has 1 heterocycles. The molecule has 2 atom stereocenters. The summed E-state index contributed by atoms with van der Waals surface area (Å²) in [4.78, 5) is 37.8. The molecule has 21 heavy (non-hydrogen) atoms. The molecule has 0 aromatic carbocycles. The Morgan fingerprint density at radius 1 is 1.29 bits per heavy atom. The second-order valence-electron chi connectivity index (χ2n) is 5.56. The van der Waals surface area contributed by atoms with Crippen molar-refractivity contribution in [2.45, 2.75) is 44.7 Å². The summed E-state index contributed by atoms with van der Waals surface area (Å²) in [5.41, 5.74) is 0. The van der Waals surface area contributed by atoms with Gasteiger partial charge in [-0.15, -0.1) is 11.8 Å². The topological polar surface area (TPSA) is 75.7 Å². The number of hydrogen-bond donors (Lipinski definition) is 1. The molecule has 2 aliphatic rings. The molecule has 0 aromatic heterocycles. The molecule has 2 amide bonds. The minimum atomic E-state index is -0.698. The molecule has 0 aromatic rings. The number of methoxy groups -OCH3 is 1. The van der Waals surface area contributed by atoms with Crippen LogP contribution in [0.15, 0.2) is 0 Å². The minimum absolute atomic E-state index is 0.0667. The summed E-state index contributed by atoms with van der Waals surface area (Å²) in [6.07, 6.45) is 4.03. The quantitative estimate of drug-likeness (QED) is 0.775. The van der Waals surface area contributed by atoms with Crippen molar-refractivity contribution >= 4 is 29.5 Å². The predicted molar refractivity (Wildman–Crippen MR) is 79.5 cm³/mol. The first-order valence-corrected chi connectivity index (χ1v) is 8.46. The average Bonchev–Trinajstić information content (AvgIpc) is 3.16. The van der Waals surface area contributed by atoms with Crippen LogP contribution in [-0.4, -0.2) is 53.5 Å². The van der Waals surface area contributed by atoms with E-state index in [0.29, 0.717) is 11.6 Å². The first-order valence-electron chi connectivity index (χ1n) is 7.31. The number of nitrogens with zero attached hydrogens (tertiary/aromatic N) is 1. The number of amides is 2.